The van der Waals surface area contributed by atoms with E-state index in [9.17, 15) is 24.8 Å². The van der Waals surface area contributed by atoms with Crippen LogP contribution in [0.5, 0.6) is 5.75 Å². The normalized spacial score (nSPS) is 11.5. The number of phenolic OH excluding ortho intramolecular Hbond substituents is 1. The first-order valence-electron chi connectivity index (χ1n) is 10.2. The highest BCUT2D eigenvalue weighted by Crippen LogP contribution is 2.32. The molecule has 0 atom stereocenters. The zero-order valence-corrected chi connectivity index (χ0v) is 18.8. The first-order chi connectivity index (χ1) is 16.8. The number of hydrazone groups is 1. The Bertz CT molecular complexity index is 1320. The fourth-order valence-electron chi connectivity index (χ4n) is 2.84. The van der Waals surface area contributed by atoms with Crippen molar-refractivity contribution in [1.29, 1.82) is 0 Å². The smallest absolute Gasteiger partial charge is 0.312 e. The lowest BCUT2D eigenvalue weighted by molar-refractivity contribution is -0.385. The van der Waals surface area contributed by atoms with E-state index in [2.05, 4.69) is 15.8 Å². The number of nitro groups is 1. The van der Waals surface area contributed by atoms with Crippen molar-refractivity contribution in [1.82, 2.24) is 10.7 Å². The molecule has 0 aliphatic heterocycles. The number of benzene rings is 3. The van der Waals surface area contributed by atoms with Crippen molar-refractivity contribution in [3.8, 4) is 5.75 Å². The van der Waals surface area contributed by atoms with Gasteiger partial charge in [-0.05, 0) is 29.8 Å². The average Bonchev–Trinajstić information content (AvgIpc) is 2.86. The summed E-state index contributed by atoms with van der Waals surface area (Å²) < 4.78 is 0. The molecule has 2 amide bonds. The molecule has 0 heterocycles. The van der Waals surface area contributed by atoms with E-state index in [1.54, 1.807) is 42.5 Å². The predicted molar refractivity (Wildman–Crippen MR) is 133 cm³/mol. The van der Waals surface area contributed by atoms with Crippen LogP contribution in [0.15, 0.2) is 95.7 Å². The number of carbonyl (C=O) groups excluding carboxylic acids is 2. The molecule has 0 bridgehead atoms. The predicted octanol–water partition coefficient (Wildman–Crippen LogP) is 4.43. The van der Waals surface area contributed by atoms with Gasteiger partial charge in [0.05, 0.1) is 11.1 Å². The Morgan fingerprint density at radius 1 is 1.03 bits per heavy atom. The van der Waals surface area contributed by atoms with E-state index in [4.69, 9.17) is 11.6 Å². The van der Waals surface area contributed by atoms with Crippen LogP contribution >= 0.6 is 11.6 Å². The van der Waals surface area contributed by atoms with E-state index in [-0.39, 0.29) is 16.3 Å². The molecule has 35 heavy (non-hydrogen) atoms. The molecule has 3 aromatic rings. The van der Waals surface area contributed by atoms with Crippen LogP contribution in [0.2, 0.25) is 5.02 Å². The summed E-state index contributed by atoms with van der Waals surface area (Å²) in [5.41, 5.74) is 2.66. The van der Waals surface area contributed by atoms with Crippen LogP contribution in [0.3, 0.4) is 0 Å². The van der Waals surface area contributed by atoms with Crippen molar-refractivity contribution < 1.29 is 19.6 Å². The number of nitro benzene ring substituents is 1. The number of carbonyl (C=O) groups is 2. The van der Waals surface area contributed by atoms with E-state index >= 15 is 0 Å². The van der Waals surface area contributed by atoms with Gasteiger partial charge in [0.25, 0.3) is 11.8 Å². The summed E-state index contributed by atoms with van der Waals surface area (Å²) in [6.07, 6.45) is 5.74. The first kappa shape index (κ1) is 24.9. The standard InChI is InChI=1S/C25H19ClN4O5/c26-20-14-19(23(31)22(15-20)30(34)35)16-27-29-25(33)21(13-7-10-17-8-3-1-4-9-17)28-24(32)18-11-5-2-6-12-18/h1-16,31H,(H,28,32)(H,29,33)/b10-7?,21-13?,27-16+. The lowest BCUT2D eigenvalue weighted by Gasteiger charge is -2.08. The molecule has 3 rings (SSSR count). The van der Waals surface area contributed by atoms with Gasteiger partial charge in [-0.15, -0.1) is 0 Å². The fraction of sp³-hybridized carbons (Fsp3) is 0. The number of aromatic hydroxyl groups is 1. The number of rotatable bonds is 8. The molecule has 0 aliphatic rings. The zero-order chi connectivity index (χ0) is 25.2. The van der Waals surface area contributed by atoms with Gasteiger partial charge < -0.3 is 10.4 Å². The number of allylic oxidation sites excluding steroid dienone is 2. The second-order valence-electron chi connectivity index (χ2n) is 6.99. The Labute approximate surface area is 205 Å². The van der Waals surface area contributed by atoms with E-state index in [1.807, 2.05) is 30.3 Å². The Hall–Kier alpha value is -4.76. The Balaban J connectivity index is 1.81. The molecular formula is C25H19ClN4O5. The van der Waals surface area contributed by atoms with Crippen LogP contribution in [-0.2, 0) is 4.79 Å². The van der Waals surface area contributed by atoms with Crippen LogP contribution in [0, 0.1) is 10.1 Å². The van der Waals surface area contributed by atoms with Crippen molar-refractivity contribution in [2.75, 3.05) is 0 Å². The van der Waals surface area contributed by atoms with Gasteiger partial charge >= 0.3 is 5.69 Å². The third-order valence-corrected chi connectivity index (χ3v) is 4.75. The highest BCUT2D eigenvalue weighted by atomic mass is 35.5. The number of phenols is 1. The third-order valence-electron chi connectivity index (χ3n) is 4.53. The molecule has 10 heteroatoms. The lowest BCUT2D eigenvalue weighted by atomic mass is 10.2. The highest BCUT2D eigenvalue weighted by molar-refractivity contribution is 6.31. The van der Waals surface area contributed by atoms with E-state index in [1.165, 1.54) is 12.1 Å². The monoisotopic (exact) mass is 490 g/mol. The van der Waals surface area contributed by atoms with Crippen molar-refractivity contribution in [3.63, 3.8) is 0 Å². The zero-order valence-electron chi connectivity index (χ0n) is 18.1. The molecule has 0 unspecified atom stereocenters. The third kappa shape index (κ3) is 7.11. The summed E-state index contributed by atoms with van der Waals surface area (Å²) in [5.74, 6) is -1.93. The Kier molecular flexibility index (Phi) is 8.47. The van der Waals surface area contributed by atoms with Crippen LogP contribution in [-0.4, -0.2) is 28.1 Å². The molecule has 3 N–H and O–H groups in total. The minimum absolute atomic E-state index is 0.00374. The molecule has 3 aromatic carbocycles. The maximum Gasteiger partial charge on any atom is 0.312 e. The highest BCUT2D eigenvalue weighted by Gasteiger charge is 2.18. The van der Waals surface area contributed by atoms with E-state index < -0.39 is 28.2 Å². The molecule has 0 spiro atoms. The van der Waals surface area contributed by atoms with Crippen LogP contribution in [0.25, 0.3) is 6.08 Å². The second-order valence-corrected chi connectivity index (χ2v) is 7.43. The Morgan fingerprint density at radius 3 is 2.34 bits per heavy atom. The molecular weight excluding hydrogens is 472 g/mol. The molecule has 0 saturated carbocycles. The molecule has 0 aliphatic carbocycles. The minimum Gasteiger partial charge on any atom is -0.502 e. The van der Waals surface area contributed by atoms with Crippen LogP contribution in [0.4, 0.5) is 5.69 Å². The molecule has 0 radical (unpaired) electrons. The van der Waals surface area contributed by atoms with Gasteiger partial charge in [-0.1, -0.05) is 72.3 Å². The molecule has 176 valence electrons. The van der Waals surface area contributed by atoms with Gasteiger partial charge in [0.2, 0.25) is 5.75 Å². The van der Waals surface area contributed by atoms with Crippen molar-refractivity contribution >= 4 is 41.4 Å². The maximum atomic E-state index is 12.7. The molecule has 0 aromatic heterocycles. The lowest BCUT2D eigenvalue weighted by Crippen LogP contribution is -2.32. The number of halogens is 1. The van der Waals surface area contributed by atoms with E-state index in [0.717, 1.165) is 17.8 Å². The topological polar surface area (TPSA) is 134 Å². The summed E-state index contributed by atoms with van der Waals surface area (Å²) in [5, 5.41) is 27.4. The number of nitrogens with one attached hydrogen (secondary N) is 2. The van der Waals surface area contributed by atoms with Crippen LogP contribution < -0.4 is 10.7 Å². The average molecular weight is 491 g/mol. The van der Waals surface area contributed by atoms with Gasteiger partial charge in [-0.2, -0.15) is 5.10 Å². The SMILES string of the molecule is O=C(N/N=C/c1cc(Cl)cc([N+](=O)[O-])c1O)C(=CC=Cc1ccccc1)NC(=O)c1ccccc1. The van der Waals surface area contributed by atoms with Gasteiger partial charge in [-0.25, -0.2) is 5.43 Å². The summed E-state index contributed by atoms with van der Waals surface area (Å²) in [7, 11) is 0. The van der Waals surface area contributed by atoms with Crippen molar-refractivity contribution in [2.45, 2.75) is 0 Å². The molecule has 0 saturated heterocycles. The van der Waals surface area contributed by atoms with Gasteiger partial charge in [0.1, 0.15) is 5.70 Å². The van der Waals surface area contributed by atoms with E-state index in [0.29, 0.717) is 5.56 Å². The van der Waals surface area contributed by atoms with Crippen LogP contribution in [0.1, 0.15) is 21.5 Å². The molecule has 0 fully saturated rings. The minimum atomic E-state index is -0.795. The number of hydrogen-bond donors (Lipinski definition) is 3. The van der Waals surface area contributed by atoms with Gasteiger partial charge in [0.15, 0.2) is 0 Å². The summed E-state index contributed by atoms with van der Waals surface area (Å²) in [4.78, 5) is 35.5. The quantitative estimate of drug-likeness (QED) is 0.141. The fourth-order valence-corrected chi connectivity index (χ4v) is 3.06. The number of hydrogen-bond acceptors (Lipinski definition) is 6. The maximum absolute atomic E-state index is 12.7. The largest absolute Gasteiger partial charge is 0.502 e. The van der Waals surface area contributed by atoms with Gasteiger partial charge in [0, 0.05) is 22.2 Å². The van der Waals surface area contributed by atoms with Gasteiger partial charge in [-0.3, -0.25) is 19.7 Å². The van der Waals surface area contributed by atoms with Crippen molar-refractivity contribution in [3.05, 3.63) is 122 Å². The number of amides is 2. The second kappa shape index (κ2) is 11.9. The summed E-state index contributed by atoms with van der Waals surface area (Å²) in [6.45, 7) is 0. The van der Waals surface area contributed by atoms with Crippen molar-refractivity contribution in [2.24, 2.45) is 5.10 Å². The summed E-state index contributed by atoms with van der Waals surface area (Å²) >= 11 is 5.85. The number of nitrogens with zero attached hydrogens (tertiary/aromatic N) is 2. The molecule has 9 nitrogen and oxygen atoms in total. The summed E-state index contributed by atoms with van der Waals surface area (Å²) in [6, 6.07) is 19.9. The Morgan fingerprint density at radius 2 is 1.69 bits per heavy atom. The first-order valence-corrected chi connectivity index (χ1v) is 10.5.